The van der Waals surface area contributed by atoms with E-state index in [1.807, 2.05) is 6.07 Å². The third-order valence-electron chi connectivity index (χ3n) is 3.06. The molecule has 0 aromatic heterocycles. The Balaban J connectivity index is 2.85. The highest BCUT2D eigenvalue weighted by atomic mass is 35.5. The van der Waals surface area contributed by atoms with Crippen molar-refractivity contribution in [2.45, 2.75) is 32.6 Å². The Morgan fingerprint density at radius 3 is 2.67 bits per heavy atom. The molecule has 0 aliphatic rings. The predicted octanol–water partition coefficient (Wildman–Crippen LogP) is 3.79. The second kappa shape index (κ2) is 9.15. The molecule has 112 valence electrons. The quantitative estimate of drug-likeness (QED) is 0.317. The molecule has 1 atom stereocenters. The smallest absolute Gasteiger partial charge is 0.316 e. The number of hydrogen-bond donors (Lipinski definition) is 0. The summed E-state index contributed by atoms with van der Waals surface area (Å²) in [4.78, 5) is 24.5. The number of unbranched alkanes of at least 4 members (excludes halogenated alkanes) is 2. The third-order valence-corrected chi connectivity index (χ3v) is 3.39. The molecule has 1 rings (SSSR count). The van der Waals surface area contributed by atoms with Crippen LogP contribution in [0.15, 0.2) is 24.3 Å². The van der Waals surface area contributed by atoms with E-state index in [0.717, 1.165) is 0 Å². The molecule has 0 radical (unpaired) electrons. The van der Waals surface area contributed by atoms with Crippen molar-refractivity contribution >= 4 is 23.4 Å². The van der Waals surface area contributed by atoms with Gasteiger partial charge < -0.3 is 4.74 Å². The topological polar surface area (TPSA) is 67.2 Å². The zero-order valence-electron chi connectivity index (χ0n) is 12.0. The van der Waals surface area contributed by atoms with Gasteiger partial charge in [0, 0.05) is 12.0 Å². The standard InChI is InChI=1S/C16H18ClNO3/c1-2-21-16(20)13(9-4-3-7-11-18)15(19)12-8-5-6-10-14(12)17/h5-6,8,10,13H,2-4,7,9H2,1H3. The zero-order chi connectivity index (χ0) is 15.7. The fourth-order valence-corrected chi connectivity index (χ4v) is 2.23. The van der Waals surface area contributed by atoms with E-state index in [9.17, 15) is 9.59 Å². The number of carbonyl (C=O) groups excluding carboxylic acids is 2. The average molecular weight is 308 g/mol. The molecule has 0 heterocycles. The molecular formula is C16H18ClNO3. The average Bonchev–Trinajstić information content (AvgIpc) is 2.47. The van der Waals surface area contributed by atoms with Gasteiger partial charge in [0.15, 0.2) is 5.78 Å². The summed E-state index contributed by atoms with van der Waals surface area (Å²) in [6.45, 7) is 1.92. The molecule has 0 saturated heterocycles. The molecule has 0 amide bonds. The monoisotopic (exact) mass is 307 g/mol. The van der Waals surface area contributed by atoms with Crippen LogP contribution in [0.3, 0.4) is 0 Å². The molecule has 1 unspecified atom stereocenters. The second-order valence-electron chi connectivity index (χ2n) is 4.55. The summed E-state index contributed by atoms with van der Waals surface area (Å²) >= 11 is 6.01. The molecule has 0 N–H and O–H groups in total. The zero-order valence-corrected chi connectivity index (χ0v) is 12.7. The van der Waals surface area contributed by atoms with Gasteiger partial charge in [0.2, 0.25) is 0 Å². The summed E-state index contributed by atoms with van der Waals surface area (Å²) in [5.74, 6) is -1.71. The van der Waals surface area contributed by atoms with Crippen molar-refractivity contribution in [2.75, 3.05) is 6.61 Å². The first-order chi connectivity index (χ1) is 10.1. The highest BCUT2D eigenvalue weighted by Gasteiger charge is 2.29. The van der Waals surface area contributed by atoms with Gasteiger partial charge >= 0.3 is 5.97 Å². The van der Waals surface area contributed by atoms with Crippen LogP contribution in [0.5, 0.6) is 0 Å². The molecule has 0 bridgehead atoms. The summed E-state index contributed by atoms with van der Waals surface area (Å²) in [6, 6.07) is 8.70. The van der Waals surface area contributed by atoms with Crippen molar-refractivity contribution in [1.82, 2.24) is 0 Å². The summed E-state index contributed by atoms with van der Waals surface area (Å²) < 4.78 is 4.98. The number of carbonyl (C=O) groups is 2. The maximum absolute atomic E-state index is 12.5. The minimum absolute atomic E-state index is 0.226. The number of nitriles is 1. The van der Waals surface area contributed by atoms with Crippen LogP contribution in [0.1, 0.15) is 43.0 Å². The molecule has 0 fully saturated rings. The van der Waals surface area contributed by atoms with Crippen molar-refractivity contribution in [2.24, 2.45) is 5.92 Å². The van der Waals surface area contributed by atoms with Crippen LogP contribution < -0.4 is 0 Å². The van der Waals surface area contributed by atoms with Crippen LogP contribution in [0.2, 0.25) is 5.02 Å². The van der Waals surface area contributed by atoms with Gasteiger partial charge in [-0.2, -0.15) is 5.26 Å². The van der Waals surface area contributed by atoms with Crippen LogP contribution in [-0.4, -0.2) is 18.4 Å². The van der Waals surface area contributed by atoms with Crippen molar-refractivity contribution in [1.29, 1.82) is 5.26 Å². The lowest BCUT2D eigenvalue weighted by Crippen LogP contribution is -2.26. The van der Waals surface area contributed by atoms with Gasteiger partial charge in [-0.15, -0.1) is 0 Å². The Morgan fingerprint density at radius 2 is 2.05 bits per heavy atom. The molecular weight excluding hydrogens is 290 g/mol. The Kier molecular flexibility index (Phi) is 7.49. The molecule has 0 spiro atoms. The molecule has 0 aliphatic carbocycles. The van der Waals surface area contributed by atoms with Gasteiger partial charge in [0.05, 0.1) is 17.7 Å². The van der Waals surface area contributed by atoms with Crippen LogP contribution in [0, 0.1) is 17.2 Å². The molecule has 4 nitrogen and oxygen atoms in total. The summed E-state index contributed by atoms with van der Waals surface area (Å²) in [5.41, 5.74) is 0.331. The van der Waals surface area contributed by atoms with Crippen molar-refractivity contribution in [3.63, 3.8) is 0 Å². The van der Waals surface area contributed by atoms with Gasteiger partial charge in [-0.1, -0.05) is 30.2 Å². The SMILES string of the molecule is CCOC(=O)C(CCCCC#N)C(=O)c1ccccc1Cl. The van der Waals surface area contributed by atoms with Crippen molar-refractivity contribution in [3.8, 4) is 6.07 Å². The Bertz CT molecular complexity index is 537. The summed E-state index contributed by atoms with van der Waals surface area (Å²) in [5, 5.41) is 8.85. The normalized spacial score (nSPS) is 11.5. The lowest BCUT2D eigenvalue weighted by atomic mass is 9.92. The van der Waals surface area contributed by atoms with Gasteiger partial charge in [-0.3, -0.25) is 9.59 Å². The molecule has 21 heavy (non-hydrogen) atoms. The number of hydrogen-bond acceptors (Lipinski definition) is 4. The number of nitrogens with zero attached hydrogens (tertiary/aromatic N) is 1. The number of halogens is 1. The van der Waals surface area contributed by atoms with Gasteiger partial charge in [0.1, 0.15) is 5.92 Å². The van der Waals surface area contributed by atoms with E-state index in [0.29, 0.717) is 36.3 Å². The van der Waals surface area contributed by atoms with E-state index in [1.54, 1.807) is 31.2 Å². The van der Waals surface area contributed by atoms with Crippen molar-refractivity contribution in [3.05, 3.63) is 34.9 Å². The summed E-state index contributed by atoms with van der Waals surface area (Å²) in [7, 11) is 0. The predicted molar refractivity (Wildman–Crippen MR) is 80.0 cm³/mol. The number of ether oxygens (including phenoxy) is 1. The number of esters is 1. The highest BCUT2D eigenvalue weighted by Crippen LogP contribution is 2.23. The first-order valence-electron chi connectivity index (χ1n) is 6.94. The largest absolute Gasteiger partial charge is 0.465 e. The van der Waals surface area contributed by atoms with Gasteiger partial charge in [-0.25, -0.2) is 0 Å². The highest BCUT2D eigenvalue weighted by molar-refractivity contribution is 6.34. The first-order valence-corrected chi connectivity index (χ1v) is 7.32. The fourth-order valence-electron chi connectivity index (χ4n) is 2.00. The summed E-state index contributed by atoms with van der Waals surface area (Å²) in [6.07, 6.45) is 2.05. The minimum Gasteiger partial charge on any atom is -0.465 e. The van der Waals surface area contributed by atoms with E-state index in [-0.39, 0.29) is 12.4 Å². The van der Waals surface area contributed by atoms with E-state index in [1.165, 1.54) is 0 Å². The van der Waals surface area contributed by atoms with Crippen LogP contribution in [0.25, 0.3) is 0 Å². The van der Waals surface area contributed by atoms with Crippen LogP contribution in [0.4, 0.5) is 0 Å². The fraction of sp³-hybridized carbons (Fsp3) is 0.438. The minimum atomic E-state index is -0.858. The van der Waals surface area contributed by atoms with E-state index >= 15 is 0 Å². The molecule has 0 aliphatic heterocycles. The molecule has 0 saturated carbocycles. The second-order valence-corrected chi connectivity index (χ2v) is 4.96. The maximum Gasteiger partial charge on any atom is 0.316 e. The number of ketones is 1. The number of benzene rings is 1. The Hall–Kier alpha value is -1.86. The van der Waals surface area contributed by atoms with Gasteiger partial charge in [-0.05, 0) is 31.9 Å². The molecule has 1 aromatic carbocycles. The van der Waals surface area contributed by atoms with E-state index < -0.39 is 11.9 Å². The number of rotatable bonds is 8. The molecule has 5 heteroatoms. The third kappa shape index (κ3) is 5.20. The lowest BCUT2D eigenvalue weighted by Gasteiger charge is -2.15. The first kappa shape index (κ1) is 17.2. The Labute approximate surface area is 129 Å². The van der Waals surface area contributed by atoms with E-state index in [4.69, 9.17) is 21.6 Å². The van der Waals surface area contributed by atoms with Crippen molar-refractivity contribution < 1.29 is 14.3 Å². The maximum atomic E-state index is 12.5. The van der Waals surface area contributed by atoms with E-state index in [2.05, 4.69) is 0 Å². The number of Topliss-reactive ketones (excluding diaryl/α,β-unsaturated/α-hetero) is 1. The Morgan fingerprint density at radius 1 is 1.33 bits per heavy atom. The molecule has 1 aromatic rings. The van der Waals surface area contributed by atoms with Crippen LogP contribution >= 0.6 is 11.6 Å². The van der Waals surface area contributed by atoms with Gasteiger partial charge in [0.25, 0.3) is 0 Å². The lowest BCUT2D eigenvalue weighted by molar-refractivity contribution is -0.146. The van der Waals surface area contributed by atoms with Crippen LogP contribution in [-0.2, 0) is 9.53 Å².